The number of carbonyl (C=O) groups is 1. The van der Waals surface area contributed by atoms with Crippen LogP contribution in [0.4, 0.5) is 0 Å². The molecule has 0 saturated carbocycles. The van der Waals surface area contributed by atoms with Gasteiger partial charge in [0.15, 0.2) is 0 Å². The zero-order chi connectivity index (χ0) is 19.1. The molecule has 0 spiro atoms. The minimum Gasteiger partial charge on any atom is -0.497 e. The second-order valence-corrected chi connectivity index (χ2v) is 6.25. The average molecular weight is 364 g/mol. The zero-order valence-electron chi connectivity index (χ0n) is 15.6. The Kier molecular flexibility index (Phi) is 6.15. The first-order valence-electron chi connectivity index (χ1n) is 8.85. The summed E-state index contributed by atoms with van der Waals surface area (Å²) in [5, 5.41) is 3.00. The maximum atomic E-state index is 12.6. The summed E-state index contributed by atoms with van der Waals surface area (Å²) < 4.78 is 12.5. The van der Waals surface area contributed by atoms with E-state index in [1.807, 2.05) is 77.6 Å². The van der Waals surface area contributed by atoms with Crippen LogP contribution in [0.25, 0.3) is 0 Å². The molecule has 5 heteroatoms. The van der Waals surface area contributed by atoms with Crippen molar-refractivity contribution in [1.82, 2.24) is 9.88 Å². The molecule has 1 atom stereocenters. The van der Waals surface area contributed by atoms with Gasteiger partial charge in [-0.05, 0) is 47.5 Å². The van der Waals surface area contributed by atoms with Crippen molar-refractivity contribution < 1.29 is 14.3 Å². The number of amides is 1. The zero-order valence-corrected chi connectivity index (χ0v) is 15.6. The largest absolute Gasteiger partial charge is 0.497 e. The molecule has 27 heavy (non-hydrogen) atoms. The molecule has 1 N–H and O–H groups in total. The van der Waals surface area contributed by atoms with Crippen LogP contribution >= 0.6 is 0 Å². The summed E-state index contributed by atoms with van der Waals surface area (Å²) in [6.07, 6.45) is 4.29. The molecule has 0 fully saturated rings. The smallest absolute Gasteiger partial charge is 0.222 e. The first-order valence-corrected chi connectivity index (χ1v) is 8.85. The van der Waals surface area contributed by atoms with Crippen molar-refractivity contribution in [2.75, 3.05) is 14.2 Å². The van der Waals surface area contributed by atoms with Crippen molar-refractivity contribution in [3.8, 4) is 11.5 Å². The molecule has 1 aromatic heterocycles. The quantitative estimate of drug-likeness (QED) is 0.661. The van der Waals surface area contributed by atoms with E-state index in [2.05, 4.69) is 5.32 Å². The van der Waals surface area contributed by atoms with Crippen molar-refractivity contribution in [1.29, 1.82) is 0 Å². The maximum absolute atomic E-state index is 12.6. The molecule has 0 aliphatic carbocycles. The van der Waals surface area contributed by atoms with Crippen LogP contribution in [-0.2, 0) is 11.3 Å². The van der Waals surface area contributed by atoms with Gasteiger partial charge < -0.3 is 19.4 Å². The van der Waals surface area contributed by atoms with Gasteiger partial charge in [-0.2, -0.15) is 0 Å². The average Bonchev–Trinajstić information content (AvgIpc) is 3.25. The Labute approximate surface area is 159 Å². The molecule has 0 radical (unpaired) electrons. The van der Waals surface area contributed by atoms with E-state index in [4.69, 9.17) is 9.47 Å². The van der Waals surface area contributed by atoms with E-state index in [1.165, 1.54) is 0 Å². The highest BCUT2D eigenvalue weighted by Gasteiger charge is 2.18. The standard InChI is InChI=1S/C22H24N2O3/c1-26-19-10-8-17(9-11-19)16-23-22(25)15-21(24-12-3-4-13-24)18-6-5-7-20(14-18)27-2/h3-14,21H,15-16H2,1-2H3,(H,23,25). The number of rotatable bonds is 8. The Morgan fingerprint density at radius 3 is 2.33 bits per heavy atom. The van der Waals surface area contributed by atoms with Gasteiger partial charge in [0.05, 0.1) is 26.7 Å². The van der Waals surface area contributed by atoms with Crippen molar-refractivity contribution in [2.24, 2.45) is 0 Å². The maximum Gasteiger partial charge on any atom is 0.222 e. The third kappa shape index (κ3) is 4.91. The van der Waals surface area contributed by atoms with Gasteiger partial charge >= 0.3 is 0 Å². The number of methoxy groups -OCH3 is 2. The van der Waals surface area contributed by atoms with E-state index < -0.39 is 0 Å². The molecule has 140 valence electrons. The number of benzene rings is 2. The Morgan fingerprint density at radius 2 is 1.67 bits per heavy atom. The summed E-state index contributed by atoms with van der Waals surface area (Å²) in [5.74, 6) is 1.58. The van der Waals surface area contributed by atoms with Gasteiger partial charge in [0.1, 0.15) is 11.5 Å². The van der Waals surface area contributed by atoms with Crippen molar-refractivity contribution in [3.63, 3.8) is 0 Å². The number of aromatic nitrogens is 1. The fourth-order valence-electron chi connectivity index (χ4n) is 2.99. The molecule has 1 unspecified atom stereocenters. The van der Waals surface area contributed by atoms with Gasteiger partial charge in [0.25, 0.3) is 0 Å². The molecule has 1 amide bonds. The predicted molar refractivity (Wildman–Crippen MR) is 105 cm³/mol. The van der Waals surface area contributed by atoms with Crippen LogP contribution in [0.2, 0.25) is 0 Å². The Hall–Kier alpha value is -3.21. The highest BCUT2D eigenvalue weighted by molar-refractivity contribution is 5.77. The second-order valence-electron chi connectivity index (χ2n) is 6.25. The van der Waals surface area contributed by atoms with Crippen LogP contribution in [0.3, 0.4) is 0 Å². The van der Waals surface area contributed by atoms with Crippen LogP contribution in [0.1, 0.15) is 23.6 Å². The van der Waals surface area contributed by atoms with Crippen LogP contribution in [0, 0.1) is 0 Å². The molecule has 0 aliphatic rings. The molecule has 0 aliphatic heterocycles. The monoisotopic (exact) mass is 364 g/mol. The van der Waals surface area contributed by atoms with Crippen molar-refractivity contribution in [3.05, 3.63) is 84.2 Å². The summed E-state index contributed by atoms with van der Waals surface area (Å²) in [6, 6.07) is 19.3. The molecular weight excluding hydrogens is 340 g/mol. The van der Waals surface area contributed by atoms with Gasteiger partial charge in [0, 0.05) is 18.9 Å². The van der Waals surface area contributed by atoms with Crippen molar-refractivity contribution >= 4 is 5.91 Å². The SMILES string of the molecule is COc1ccc(CNC(=O)CC(c2cccc(OC)c2)n2cccc2)cc1. The Bertz CT molecular complexity index is 858. The van der Waals surface area contributed by atoms with Gasteiger partial charge in [-0.1, -0.05) is 24.3 Å². The summed E-state index contributed by atoms with van der Waals surface area (Å²) in [5.41, 5.74) is 2.06. The molecular formula is C22H24N2O3. The van der Waals surface area contributed by atoms with E-state index in [-0.39, 0.29) is 11.9 Å². The number of hydrogen-bond donors (Lipinski definition) is 1. The van der Waals surface area contributed by atoms with Crippen LogP contribution in [0.15, 0.2) is 73.1 Å². The van der Waals surface area contributed by atoms with Gasteiger partial charge in [-0.25, -0.2) is 0 Å². The molecule has 3 rings (SSSR count). The highest BCUT2D eigenvalue weighted by Crippen LogP contribution is 2.25. The fraction of sp³-hybridized carbons (Fsp3) is 0.227. The number of nitrogens with one attached hydrogen (secondary N) is 1. The molecule has 1 heterocycles. The number of nitrogens with zero attached hydrogens (tertiary/aromatic N) is 1. The third-order valence-corrected chi connectivity index (χ3v) is 4.49. The second kappa shape index (κ2) is 8.94. The lowest BCUT2D eigenvalue weighted by atomic mass is 10.0. The Morgan fingerprint density at radius 1 is 0.963 bits per heavy atom. The third-order valence-electron chi connectivity index (χ3n) is 4.49. The Balaban J connectivity index is 1.69. The summed E-state index contributed by atoms with van der Waals surface area (Å²) >= 11 is 0. The van der Waals surface area contributed by atoms with Crippen LogP contribution in [0.5, 0.6) is 11.5 Å². The van der Waals surface area contributed by atoms with Gasteiger partial charge in [-0.15, -0.1) is 0 Å². The van der Waals surface area contributed by atoms with Crippen LogP contribution < -0.4 is 14.8 Å². The molecule has 3 aromatic rings. The minimum atomic E-state index is -0.0917. The van der Waals surface area contributed by atoms with Crippen molar-refractivity contribution in [2.45, 2.75) is 19.0 Å². The fourth-order valence-corrected chi connectivity index (χ4v) is 2.99. The molecule has 0 saturated heterocycles. The lowest BCUT2D eigenvalue weighted by Gasteiger charge is -2.20. The van der Waals surface area contributed by atoms with Gasteiger partial charge in [0.2, 0.25) is 5.91 Å². The van der Waals surface area contributed by atoms with E-state index >= 15 is 0 Å². The molecule has 0 bridgehead atoms. The highest BCUT2D eigenvalue weighted by atomic mass is 16.5. The van der Waals surface area contributed by atoms with E-state index in [1.54, 1.807) is 14.2 Å². The van der Waals surface area contributed by atoms with E-state index in [0.29, 0.717) is 13.0 Å². The lowest BCUT2D eigenvalue weighted by Crippen LogP contribution is -2.26. The normalized spacial score (nSPS) is 11.6. The van der Waals surface area contributed by atoms with Gasteiger partial charge in [-0.3, -0.25) is 4.79 Å². The topological polar surface area (TPSA) is 52.5 Å². The first-order chi connectivity index (χ1) is 13.2. The number of ether oxygens (including phenoxy) is 2. The first kappa shape index (κ1) is 18.6. The predicted octanol–water partition coefficient (Wildman–Crippen LogP) is 3.80. The van der Waals surface area contributed by atoms with E-state index in [9.17, 15) is 4.79 Å². The summed E-state index contributed by atoms with van der Waals surface area (Å²) in [6.45, 7) is 0.485. The molecule has 5 nitrogen and oxygen atoms in total. The summed E-state index contributed by atoms with van der Waals surface area (Å²) in [4.78, 5) is 12.6. The molecule has 2 aromatic carbocycles. The lowest BCUT2D eigenvalue weighted by molar-refractivity contribution is -0.121. The van der Waals surface area contributed by atoms with Crippen LogP contribution in [-0.4, -0.2) is 24.7 Å². The number of carbonyl (C=O) groups excluding carboxylic acids is 1. The van der Waals surface area contributed by atoms with E-state index in [0.717, 1.165) is 22.6 Å². The summed E-state index contributed by atoms with van der Waals surface area (Å²) in [7, 11) is 3.28. The number of hydrogen-bond acceptors (Lipinski definition) is 3. The minimum absolute atomic E-state index is 0.00709.